The Kier molecular flexibility index (Phi) is 3.12. The molecule has 1 N–H and O–H groups in total. The molecule has 1 heterocycles. The van der Waals surface area contributed by atoms with Crippen molar-refractivity contribution < 1.29 is 4.79 Å². The number of carbonyl (C=O) groups excluding carboxylic acids is 1. The van der Waals surface area contributed by atoms with E-state index < -0.39 is 0 Å². The standard InChI is InChI=1S/C11H18N4O/c1-14(7-10-6-13-15(2)8-10)11(16)12-5-9-3-4-9/h6,8-9H,3-5,7H2,1-2H3,(H,12,16). The highest BCUT2D eigenvalue weighted by molar-refractivity contribution is 5.73. The Labute approximate surface area is 95.4 Å². The third kappa shape index (κ3) is 2.98. The third-order valence-corrected chi connectivity index (χ3v) is 2.76. The number of nitrogens with one attached hydrogen (secondary N) is 1. The summed E-state index contributed by atoms with van der Waals surface area (Å²) < 4.78 is 1.74. The Morgan fingerprint density at radius 2 is 2.44 bits per heavy atom. The van der Waals surface area contributed by atoms with E-state index >= 15 is 0 Å². The van der Waals surface area contributed by atoms with E-state index in [2.05, 4.69) is 10.4 Å². The van der Waals surface area contributed by atoms with Crippen LogP contribution in [0.2, 0.25) is 0 Å². The van der Waals surface area contributed by atoms with Crippen LogP contribution in [-0.4, -0.2) is 34.3 Å². The molecule has 1 fully saturated rings. The van der Waals surface area contributed by atoms with Gasteiger partial charge >= 0.3 is 6.03 Å². The van der Waals surface area contributed by atoms with Crippen LogP contribution in [0.3, 0.4) is 0 Å². The van der Waals surface area contributed by atoms with E-state index in [1.54, 1.807) is 22.8 Å². The zero-order chi connectivity index (χ0) is 11.5. The number of carbonyl (C=O) groups is 1. The minimum Gasteiger partial charge on any atom is -0.338 e. The van der Waals surface area contributed by atoms with Gasteiger partial charge in [-0.3, -0.25) is 4.68 Å². The number of urea groups is 1. The van der Waals surface area contributed by atoms with E-state index in [9.17, 15) is 4.79 Å². The summed E-state index contributed by atoms with van der Waals surface area (Å²) in [5, 5.41) is 7.00. The van der Waals surface area contributed by atoms with Crippen molar-refractivity contribution in [1.29, 1.82) is 0 Å². The fourth-order valence-electron chi connectivity index (χ4n) is 1.59. The van der Waals surface area contributed by atoms with E-state index in [0.29, 0.717) is 6.54 Å². The van der Waals surface area contributed by atoms with Gasteiger partial charge in [0.15, 0.2) is 0 Å². The van der Waals surface area contributed by atoms with E-state index in [1.165, 1.54) is 12.8 Å². The zero-order valence-electron chi connectivity index (χ0n) is 9.81. The first kappa shape index (κ1) is 11.0. The molecule has 0 saturated heterocycles. The number of hydrogen-bond acceptors (Lipinski definition) is 2. The van der Waals surface area contributed by atoms with E-state index in [4.69, 9.17) is 0 Å². The molecule has 1 aromatic rings. The van der Waals surface area contributed by atoms with Crippen LogP contribution >= 0.6 is 0 Å². The Morgan fingerprint density at radius 1 is 1.69 bits per heavy atom. The molecule has 1 aromatic heterocycles. The second-order valence-corrected chi connectivity index (χ2v) is 4.51. The summed E-state index contributed by atoms with van der Waals surface area (Å²) in [6.07, 6.45) is 6.22. The number of amides is 2. The number of nitrogens with zero attached hydrogens (tertiary/aromatic N) is 3. The van der Waals surface area contributed by atoms with Gasteiger partial charge in [0.2, 0.25) is 0 Å². The zero-order valence-corrected chi connectivity index (χ0v) is 9.81. The lowest BCUT2D eigenvalue weighted by molar-refractivity contribution is 0.206. The van der Waals surface area contributed by atoms with Crippen LogP contribution < -0.4 is 5.32 Å². The smallest absolute Gasteiger partial charge is 0.317 e. The number of aromatic nitrogens is 2. The van der Waals surface area contributed by atoms with Gasteiger partial charge in [-0.1, -0.05) is 0 Å². The van der Waals surface area contributed by atoms with Gasteiger partial charge in [0.1, 0.15) is 0 Å². The fourth-order valence-corrected chi connectivity index (χ4v) is 1.59. The second kappa shape index (κ2) is 4.55. The third-order valence-electron chi connectivity index (χ3n) is 2.76. The lowest BCUT2D eigenvalue weighted by Crippen LogP contribution is -2.37. The van der Waals surface area contributed by atoms with E-state index in [-0.39, 0.29) is 6.03 Å². The van der Waals surface area contributed by atoms with Crippen molar-refractivity contribution in [2.75, 3.05) is 13.6 Å². The van der Waals surface area contributed by atoms with Crippen molar-refractivity contribution in [2.45, 2.75) is 19.4 Å². The van der Waals surface area contributed by atoms with Crippen LogP contribution in [0.5, 0.6) is 0 Å². The van der Waals surface area contributed by atoms with Gasteiger partial charge in [-0.2, -0.15) is 5.10 Å². The largest absolute Gasteiger partial charge is 0.338 e. The van der Waals surface area contributed by atoms with Crippen LogP contribution in [-0.2, 0) is 13.6 Å². The minimum atomic E-state index is -0.00393. The molecule has 5 heteroatoms. The summed E-state index contributed by atoms with van der Waals surface area (Å²) in [5.74, 6) is 0.718. The van der Waals surface area contributed by atoms with Gasteiger partial charge in [0.25, 0.3) is 0 Å². The first-order valence-electron chi connectivity index (χ1n) is 5.61. The molecule has 1 aliphatic rings. The molecule has 0 bridgehead atoms. The molecule has 16 heavy (non-hydrogen) atoms. The molecule has 0 unspecified atom stereocenters. The maximum Gasteiger partial charge on any atom is 0.317 e. The van der Waals surface area contributed by atoms with Crippen LogP contribution in [0.4, 0.5) is 4.79 Å². The molecule has 0 atom stereocenters. The molecule has 2 amide bonds. The number of hydrogen-bond donors (Lipinski definition) is 1. The van der Waals surface area contributed by atoms with Gasteiger partial charge in [-0.15, -0.1) is 0 Å². The predicted octanol–water partition coefficient (Wildman–Crippen LogP) is 0.972. The highest BCUT2D eigenvalue weighted by Gasteiger charge is 2.22. The average molecular weight is 222 g/mol. The monoisotopic (exact) mass is 222 g/mol. The molecule has 5 nitrogen and oxygen atoms in total. The van der Waals surface area contributed by atoms with Crippen LogP contribution in [0, 0.1) is 5.92 Å². The summed E-state index contributed by atoms with van der Waals surface area (Å²) >= 11 is 0. The SMILES string of the molecule is CN(Cc1cnn(C)c1)C(=O)NCC1CC1. The fraction of sp³-hybridized carbons (Fsp3) is 0.636. The molecular weight excluding hydrogens is 204 g/mol. The molecular formula is C11H18N4O. The topological polar surface area (TPSA) is 50.2 Å². The first-order chi connectivity index (χ1) is 7.65. The Hall–Kier alpha value is -1.52. The molecule has 0 radical (unpaired) electrons. The Bertz CT molecular complexity index is 370. The van der Waals surface area contributed by atoms with E-state index in [1.807, 2.05) is 13.2 Å². The summed E-state index contributed by atoms with van der Waals surface area (Å²) in [6.45, 7) is 1.42. The van der Waals surface area contributed by atoms with Crippen molar-refractivity contribution in [2.24, 2.45) is 13.0 Å². The van der Waals surface area contributed by atoms with Gasteiger partial charge < -0.3 is 10.2 Å². The van der Waals surface area contributed by atoms with Crippen molar-refractivity contribution in [1.82, 2.24) is 20.0 Å². The molecule has 2 rings (SSSR count). The van der Waals surface area contributed by atoms with Crippen LogP contribution in [0.15, 0.2) is 12.4 Å². The van der Waals surface area contributed by atoms with Crippen LogP contribution in [0.25, 0.3) is 0 Å². The maximum absolute atomic E-state index is 11.7. The van der Waals surface area contributed by atoms with Gasteiger partial charge in [-0.25, -0.2) is 4.79 Å². The van der Waals surface area contributed by atoms with Gasteiger partial charge in [0.05, 0.1) is 12.7 Å². The van der Waals surface area contributed by atoms with Crippen LogP contribution in [0.1, 0.15) is 18.4 Å². The molecule has 88 valence electrons. The van der Waals surface area contributed by atoms with E-state index in [0.717, 1.165) is 18.0 Å². The maximum atomic E-state index is 11.7. The van der Waals surface area contributed by atoms with Crippen molar-refractivity contribution >= 4 is 6.03 Å². The molecule has 0 aromatic carbocycles. The Morgan fingerprint density at radius 3 is 3.00 bits per heavy atom. The lowest BCUT2D eigenvalue weighted by Gasteiger charge is -2.16. The van der Waals surface area contributed by atoms with Gasteiger partial charge in [-0.05, 0) is 18.8 Å². The molecule has 0 spiro atoms. The highest BCUT2D eigenvalue weighted by Crippen LogP contribution is 2.27. The van der Waals surface area contributed by atoms with Gasteiger partial charge in [0, 0.05) is 32.4 Å². The summed E-state index contributed by atoms with van der Waals surface area (Å²) in [6, 6.07) is -0.00393. The summed E-state index contributed by atoms with van der Waals surface area (Å²) in [4.78, 5) is 13.4. The lowest BCUT2D eigenvalue weighted by atomic mass is 10.3. The molecule has 0 aliphatic heterocycles. The molecule has 1 saturated carbocycles. The summed E-state index contributed by atoms with van der Waals surface area (Å²) in [5.41, 5.74) is 1.05. The summed E-state index contributed by atoms with van der Waals surface area (Å²) in [7, 11) is 3.67. The van der Waals surface area contributed by atoms with Crippen molar-refractivity contribution in [3.8, 4) is 0 Å². The quantitative estimate of drug-likeness (QED) is 0.825. The first-order valence-corrected chi connectivity index (χ1v) is 5.61. The van der Waals surface area contributed by atoms with Crippen molar-refractivity contribution in [3.05, 3.63) is 18.0 Å². The van der Waals surface area contributed by atoms with Crippen molar-refractivity contribution in [3.63, 3.8) is 0 Å². The number of aryl methyl sites for hydroxylation is 1. The minimum absolute atomic E-state index is 0.00393. The highest BCUT2D eigenvalue weighted by atomic mass is 16.2. The normalized spacial score (nSPS) is 14.9. The predicted molar refractivity (Wildman–Crippen MR) is 60.8 cm³/mol. The second-order valence-electron chi connectivity index (χ2n) is 4.51. The molecule has 1 aliphatic carbocycles. The average Bonchev–Trinajstić information content (AvgIpc) is 2.99. The number of rotatable bonds is 4. The Balaban J connectivity index is 1.77.